The molecule has 20 heavy (non-hydrogen) atoms. The Morgan fingerprint density at radius 2 is 2.10 bits per heavy atom. The third-order valence-corrected chi connectivity index (χ3v) is 3.94. The molecule has 1 amide bonds. The lowest BCUT2D eigenvalue weighted by Gasteiger charge is -2.05. The van der Waals surface area contributed by atoms with Crippen molar-refractivity contribution in [1.82, 2.24) is 5.32 Å². The van der Waals surface area contributed by atoms with Gasteiger partial charge < -0.3 is 5.32 Å². The molecule has 0 heterocycles. The maximum atomic E-state index is 13.5. The van der Waals surface area contributed by atoms with Crippen LogP contribution in [0.25, 0.3) is 0 Å². The van der Waals surface area contributed by atoms with Gasteiger partial charge in [0.25, 0.3) is 0 Å². The zero-order valence-corrected chi connectivity index (χ0v) is 11.3. The molecule has 0 spiro atoms. The molecule has 2 atom stereocenters. The highest BCUT2D eigenvalue weighted by molar-refractivity contribution is 7.89. The van der Waals surface area contributed by atoms with Crippen LogP contribution in [-0.4, -0.2) is 26.6 Å². The molecule has 1 aliphatic carbocycles. The third-order valence-electron chi connectivity index (χ3n) is 3.17. The summed E-state index contributed by atoms with van der Waals surface area (Å²) in [5, 5.41) is 7.22. The standard InChI is InChI=1S/C12H14F2N2O3S/c13-7-1-2-11(14)9(5-7)8-6-10(8)12(17)16-3-4-20(15,18)19/h1-2,5,8,10H,3-4,6H2,(H,16,17)(H2,15,18,19)/t8-,10+/m0/s1. The van der Waals surface area contributed by atoms with Crippen LogP contribution in [-0.2, 0) is 14.8 Å². The fraction of sp³-hybridized carbons (Fsp3) is 0.417. The first-order valence-electron chi connectivity index (χ1n) is 6.01. The van der Waals surface area contributed by atoms with Gasteiger partial charge in [-0.05, 0) is 36.1 Å². The molecule has 1 saturated carbocycles. The number of benzene rings is 1. The number of hydrogen-bond acceptors (Lipinski definition) is 3. The molecule has 0 radical (unpaired) electrons. The van der Waals surface area contributed by atoms with Gasteiger partial charge in [0.15, 0.2) is 0 Å². The predicted octanol–water partition coefficient (Wildman–Crippen LogP) is 0.473. The highest BCUT2D eigenvalue weighted by Crippen LogP contribution is 2.48. The van der Waals surface area contributed by atoms with Crippen molar-refractivity contribution in [1.29, 1.82) is 0 Å². The van der Waals surface area contributed by atoms with Gasteiger partial charge in [-0.2, -0.15) is 0 Å². The zero-order valence-electron chi connectivity index (χ0n) is 10.5. The van der Waals surface area contributed by atoms with Crippen molar-refractivity contribution >= 4 is 15.9 Å². The van der Waals surface area contributed by atoms with E-state index in [1.165, 1.54) is 0 Å². The lowest BCUT2D eigenvalue weighted by molar-refractivity contribution is -0.122. The average Bonchev–Trinajstić information content (AvgIpc) is 3.10. The molecule has 1 aliphatic rings. The zero-order chi connectivity index (χ0) is 14.9. The fourth-order valence-electron chi connectivity index (χ4n) is 2.07. The van der Waals surface area contributed by atoms with E-state index in [9.17, 15) is 22.0 Å². The monoisotopic (exact) mass is 304 g/mol. The minimum Gasteiger partial charge on any atom is -0.355 e. The molecular weight excluding hydrogens is 290 g/mol. The Bertz CT molecular complexity index is 634. The van der Waals surface area contributed by atoms with Crippen LogP contribution in [0.5, 0.6) is 0 Å². The van der Waals surface area contributed by atoms with E-state index in [1.807, 2.05) is 0 Å². The highest BCUT2D eigenvalue weighted by Gasteiger charge is 2.45. The van der Waals surface area contributed by atoms with Gasteiger partial charge in [0.05, 0.1) is 5.75 Å². The maximum Gasteiger partial charge on any atom is 0.223 e. The summed E-state index contributed by atoms with van der Waals surface area (Å²) in [6, 6.07) is 3.12. The lowest BCUT2D eigenvalue weighted by Crippen LogP contribution is -2.32. The van der Waals surface area contributed by atoms with Crippen molar-refractivity contribution in [3.63, 3.8) is 0 Å². The molecule has 0 unspecified atom stereocenters. The third kappa shape index (κ3) is 3.73. The van der Waals surface area contributed by atoms with Crippen LogP contribution in [0.4, 0.5) is 8.78 Å². The number of hydrogen-bond donors (Lipinski definition) is 2. The second kappa shape index (κ2) is 5.45. The number of carbonyl (C=O) groups excluding carboxylic acids is 1. The lowest BCUT2D eigenvalue weighted by atomic mass is 10.1. The molecule has 0 aromatic heterocycles. The van der Waals surface area contributed by atoms with Crippen molar-refractivity contribution in [2.75, 3.05) is 12.3 Å². The number of amides is 1. The maximum absolute atomic E-state index is 13.5. The van der Waals surface area contributed by atoms with Crippen molar-refractivity contribution in [2.45, 2.75) is 12.3 Å². The van der Waals surface area contributed by atoms with Crippen molar-refractivity contribution in [2.24, 2.45) is 11.1 Å². The van der Waals surface area contributed by atoms with Crippen LogP contribution in [0.2, 0.25) is 0 Å². The Labute approximate surface area is 115 Å². The predicted molar refractivity (Wildman–Crippen MR) is 68.2 cm³/mol. The molecule has 110 valence electrons. The van der Waals surface area contributed by atoms with Crippen LogP contribution in [0, 0.1) is 17.6 Å². The van der Waals surface area contributed by atoms with Gasteiger partial charge in [-0.1, -0.05) is 0 Å². The van der Waals surface area contributed by atoms with E-state index < -0.39 is 27.6 Å². The minimum absolute atomic E-state index is 0.0908. The second-order valence-electron chi connectivity index (χ2n) is 4.77. The highest BCUT2D eigenvalue weighted by atomic mass is 32.2. The number of rotatable bonds is 5. The number of sulfonamides is 1. The molecule has 0 bridgehead atoms. The second-order valence-corrected chi connectivity index (χ2v) is 6.51. The van der Waals surface area contributed by atoms with Gasteiger partial charge in [-0.3, -0.25) is 4.79 Å². The van der Waals surface area contributed by atoms with Gasteiger partial charge in [0.1, 0.15) is 11.6 Å². The van der Waals surface area contributed by atoms with Crippen molar-refractivity contribution < 1.29 is 22.0 Å². The number of halogens is 2. The Morgan fingerprint density at radius 3 is 2.75 bits per heavy atom. The van der Waals surface area contributed by atoms with E-state index in [1.54, 1.807) is 0 Å². The van der Waals surface area contributed by atoms with Crippen LogP contribution >= 0.6 is 0 Å². The van der Waals surface area contributed by atoms with E-state index in [0.717, 1.165) is 18.2 Å². The Morgan fingerprint density at radius 1 is 1.40 bits per heavy atom. The first-order chi connectivity index (χ1) is 9.28. The SMILES string of the molecule is NS(=O)(=O)CCNC(=O)[C@@H]1C[C@H]1c1cc(F)ccc1F. The molecule has 1 aromatic carbocycles. The number of carbonyl (C=O) groups is 1. The summed E-state index contributed by atoms with van der Waals surface area (Å²) >= 11 is 0. The molecular formula is C12H14F2N2O3S. The Kier molecular flexibility index (Phi) is 4.05. The van der Waals surface area contributed by atoms with Crippen LogP contribution in [0.1, 0.15) is 17.9 Å². The van der Waals surface area contributed by atoms with Gasteiger partial charge >= 0.3 is 0 Å². The smallest absolute Gasteiger partial charge is 0.223 e. The summed E-state index contributed by atoms with van der Waals surface area (Å²) in [6.45, 7) is -0.0908. The molecule has 3 N–H and O–H groups in total. The summed E-state index contributed by atoms with van der Waals surface area (Å²) < 4.78 is 48.0. The first-order valence-corrected chi connectivity index (χ1v) is 7.72. The molecule has 5 nitrogen and oxygen atoms in total. The number of nitrogens with two attached hydrogens (primary N) is 1. The van der Waals surface area contributed by atoms with Crippen LogP contribution in [0.15, 0.2) is 18.2 Å². The molecule has 8 heteroatoms. The van der Waals surface area contributed by atoms with Gasteiger partial charge in [-0.25, -0.2) is 22.3 Å². The van der Waals surface area contributed by atoms with Crippen LogP contribution in [0.3, 0.4) is 0 Å². The van der Waals surface area contributed by atoms with E-state index in [2.05, 4.69) is 5.32 Å². The number of primary sulfonamides is 1. The van der Waals surface area contributed by atoms with E-state index in [-0.39, 0.29) is 29.7 Å². The van der Waals surface area contributed by atoms with Gasteiger partial charge in [0.2, 0.25) is 15.9 Å². The normalized spacial score (nSPS) is 21.6. The summed E-state index contributed by atoms with van der Waals surface area (Å²) in [7, 11) is -3.63. The van der Waals surface area contributed by atoms with Gasteiger partial charge in [0, 0.05) is 12.5 Å². The Hall–Kier alpha value is -1.54. The summed E-state index contributed by atoms with van der Waals surface area (Å²) in [6.07, 6.45) is 0.418. The first kappa shape index (κ1) is 14.9. The largest absolute Gasteiger partial charge is 0.355 e. The van der Waals surface area contributed by atoms with Gasteiger partial charge in [-0.15, -0.1) is 0 Å². The van der Waals surface area contributed by atoms with E-state index in [0.29, 0.717) is 6.42 Å². The molecule has 1 fully saturated rings. The Balaban J connectivity index is 1.91. The molecule has 2 rings (SSSR count). The van der Waals surface area contributed by atoms with Crippen LogP contribution < -0.4 is 10.5 Å². The fourth-order valence-corrected chi connectivity index (χ4v) is 2.46. The summed E-state index contributed by atoms with van der Waals surface area (Å²) in [4.78, 5) is 11.7. The minimum atomic E-state index is -3.63. The van der Waals surface area contributed by atoms with Crippen molar-refractivity contribution in [3.05, 3.63) is 35.4 Å². The van der Waals surface area contributed by atoms with E-state index >= 15 is 0 Å². The number of nitrogens with one attached hydrogen (secondary N) is 1. The molecule has 0 saturated heterocycles. The molecule has 1 aromatic rings. The summed E-state index contributed by atoms with van der Waals surface area (Å²) in [5.74, 6) is -2.64. The summed E-state index contributed by atoms with van der Waals surface area (Å²) in [5.41, 5.74) is 0.177. The average molecular weight is 304 g/mol. The molecule has 0 aliphatic heterocycles. The quantitative estimate of drug-likeness (QED) is 0.829. The van der Waals surface area contributed by atoms with E-state index in [4.69, 9.17) is 5.14 Å². The van der Waals surface area contributed by atoms with Crippen molar-refractivity contribution in [3.8, 4) is 0 Å². The topological polar surface area (TPSA) is 89.3 Å².